The lowest BCUT2D eigenvalue weighted by Gasteiger charge is -2.30. The van der Waals surface area contributed by atoms with E-state index in [1.54, 1.807) is 6.92 Å². The highest BCUT2D eigenvalue weighted by atomic mass is 16.5. The van der Waals surface area contributed by atoms with Crippen molar-refractivity contribution >= 4 is 5.97 Å². The summed E-state index contributed by atoms with van der Waals surface area (Å²) in [5.74, 6) is -0.262. The van der Waals surface area contributed by atoms with Gasteiger partial charge in [0.2, 0.25) is 0 Å². The van der Waals surface area contributed by atoms with Crippen molar-refractivity contribution in [2.45, 2.75) is 33.3 Å². The summed E-state index contributed by atoms with van der Waals surface area (Å²) in [6.07, 6.45) is 0.161. The van der Waals surface area contributed by atoms with E-state index in [0.29, 0.717) is 6.61 Å². The van der Waals surface area contributed by atoms with Gasteiger partial charge in [-0.05, 0) is 13.3 Å². The van der Waals surface area contributed by atoms with Crippen molar-refractivity contribution in [1.29, 1.82) is 0 Å². The van der Waals surface area contributed by atoms with Gasteiger partial charge in [-0.25, -0.2) is 0 Å². The number of esters is 1. The van der Waals surface area contributed by atoms with Crippen LogP contribution < -0.4 is 0 Å². The van der Waals surface area contributed by atoms with E-state index in [2.05, 4.69) is 6.58 Å². The molecule has 3 heteroatoms. The zero-order valence-corrected chi connectivity index (χ0v) is 9.54. The number of hydrogen-bond donors (Lipinski definition) is 1. The van der Waals surface area contributed by atoms with Crippen LogP contribution in [0.15, 0.2) is 12.2 Å². The lowest BCUT2D eigenvalue weighted by atomic mass is 9.68. The van der Waals surface area contributed by atoms with Gasteiger partial charge in [-0.2, -0.15) is 0 Å². The molecular formula is C12H18O3. The summed E-state index contributed by atoms with van der Waals surface area (Å²) in [7, 11) is 0. The van der Waals surface area contributed by atoms with Crippen molar-refractivity contribution < 1.29 is 14.6 Å². The monoisotopic (exact) mass is 210 g/mol. The Kier molecular flexibility index (Phi) is 2.03. The van der Waals surface area contributed by atoms with Crippen LogP contribution in [0.1, 0.15) is 27.2 Å². The number of carbonyl (C=O) groups excluding carboxylic acids is 1. The van der Waals surface area contributed by atoms with Gasteiger partial charge in [0.15, 0.2) is 0 Å². The van der Waals surface area contributed by atoms with Gasteiger partial charge in [0.25, 0.3) is 0 Å². The normalized spacial score (nSPS) is 49.3. The Hall–Kier alpha value is -0.830. The first-order valence-corrected chi connectivity index (χ1v) is 5.44. The molecule has 3 nitrogen and oxygen atoms in total. The minimum absolute atomic E-state index is 0.0212. The Morgan fingerprint density at radius 1 is 1.60 bits per heavy atom. The van der Waals surface area contributed by atoms with E-state index in [9.17, 15) is 9.90 Å². The van der Waals surface area contributed by atoms with Gasteiger partial charge in [0.05, 0.1) is 6.10 Å². The van der Waals surface area contributed by atoms with Gasteiger partial charge in [-0.3, -0.25) is 4.79 Å². The molecule has 1 saturated heterocycles. The van der Waals surface area contributed by atoms with Gasteiger partial charge < -0.3 is 9.84 Å². The van der Waals surface area contributed by atoms with E-state index >= 15 is 0 Å². The Morgan fingerprint density at radius 2 is 2.20 bits per heavy atom. The minimum Gasteiger partial charge on any atom is -0.464 e. The third-order valence-corrected chi connectivity index (χ3v) is 4.63. The molecule has 2 unspecified atom stereocenters. The standard InChI is InChI=1S/C12H18O3/c1-5-8-7(2)11(3)6-15-10(14)12(11,4)9(8)13/h8-9,13H,2,5-6H2,1,3-4H3/t8?,9?,11-,12-/m1/s1. The van der Waals surface area contributed by atoms with E-state index in [1.807, 2.05) is 13.8 Å². The van der Waals surface area contributed by atoms with E-state index in [-0.39, 0.29) is 11.9 Å². The molecule has 2 rings (SSSR count). The number of rotatable bonds is 1. The minimum atomic E-state index is -0.801. The Bertz CT molecular complexity index is 336. The maximum atomic E-state index is 11.8. The van der Waals surface area contributed by atoms with Crippen molar-refractivity contribution in [2.75, 3.05) is 6.61 Å². The molecule has 0 bridgehead atoms. The predicted octanol–water partition coefficient (Wildman–Crippen LogP) is 1.51. The largest absolute Gasteiger partial charge is 0.464 e. The van der Waals surface area contributed by atoms with Gasteiger partial charge in [-0.1, -0.05) is 26.0 Å². The molecule has 1 heterocycles. The number of hydrogen-bond acceptors (Lipinski definition) is 3. The van der Waals surface area contributed by atoms with Gasteiger partial charge >= 0.3 is 5.97 Å². The van der Waals surface area contributed by atoms with Crippen LogP contribution in [0.25, 0.3) is 0 Å². The van der Waals surface area contributed by atoms with Crippen molar-refractivity contribution in [2.24, 2.45) is 16.7 Å². The second kappa shape index (κ2) is 2.85. The van der Waals surface area contributed by atoms with E-state index in [1.165, 1.54) is 0 Å². The second-order valence-electron chi connectivity index (χ2n) is 5.10. The molecular weight excluding hydrogens is 192 g/mol. The highest BCUT2D eigenvalue weighted by molar-refractivity contribution is 5.83. The molecule has 2 aliphatic rings. The number of ether oxygens (including phenoxy) is 1. The van der Waals surface area contributed by atoms with Crippen LogP contribution in [0.3, 0.4) is 0 Å². The summed E-state index contributed by atoms with van der Waals surface area (Å²) in [5, 5.41) is 10.3. The number of aliphatic hydroxyl groups is 1. The highest BCUT2D eigenvalue weighted by Crippen LogP contribution is 2.62. The average Bonchev–Trinajstić information content (AvgIpc) is 2.52. The molecule has 0 spiro atoms. The van der Waals surface area contributed by atoms with Crippen LogP contribution in [-0.4, -0.2) is 23.8 Å². The van der Waals surface area contributed by atoms with Gasteiger partial charge in [0.1, 0.15) is 12.0 Å². The molecule has 0 aromatic carbocycles. The first kappa shape index (κ1) is 10.7. The fraction of sp³-hybridized carbons (Fsp3) is 0.750. The van der Waals surface area contributed by atoms with Gasteiger partial charge in [0, 0.05) is 11.3 Å². The molecule has 1 N–H and O–H groups in total. The van der Waals surface area contributed by atoms with E-state index in [0.717, 1.165) is 12.0 Å². The third kappa shape index (κ3) is 0.924. The zero-order valence-electron chi connectivity index (χ0n) is 9.54. The van der Waals surface area contributed by atoms with Crippen molar-refractivity contribution in [3.05, 3.63) is 12.2 Å². The lowest BCUT2D eigenvalue weighted by Crippen LogP contribution is -2.42. The lowest BCUT2D eigenvalue weighted by molar-refractivity contribution is -0.151. The fourth-order valence-electron chi connectivity index (χ4n) is 3.08. The van der Waals surface area contributed by atoms with E-state index in [4.69, 9.17) is 4.74 Å². The van der Waals surface area contributed by atoms with Crippen LogP contribution in [0, 0.1) is 16.7 Å². The van der Waals surface area contributed by atoms with Gasteiger partial charge in [-0.15, -0.1) is 0 Å². The number of carbonyl (C=O) groups is 1. The Balaban J connectivity index is 2.53. The smallest absolute Gasteiger partial charge is 0.315 e. The molecule has 2 fully saturated rings. The molecule has 1 aliphatic carbocycles. The van der Waals surface area contributed by atoms with Crippen LogP contribution in [0.5, 0.6) is 0 Å². The maximum Gasteiger partial charge on any atom is 0.315 e. The highest BCUT2D eigenvalue weighted by Gasteiger charge is 2.69. The average molecular weight is 210 g/mol. The van der Waals surface area contributed by atoms with Crippen molar-refractivity contribution in [1.82, 2.24) is 0 Å². The summed E-state index contributed by atoms with van der Waals surface area (Å²) in [5.41, 5.74) is -0.236. The molecule has 4 atom stereocenters. The Morgan fingerprint density at radius 3 is 2.67 bits per heavy atom. The summed E-state index contributed by atoms with van der Waals surface area (Å²) >= 11 is 0. The topological polar surface area (TPSA) is 46.5 Å². The van der Waals surface area contributed by atoms with Crippen LogP contribution in [0.4, 0.5) is 0 Å². The molecule has 0 amide bonds. The van der Waals surface area contributed by atoms with Crippen molar-refractivity contribution in [3.63, 3.8) is 0 Å². The summed E-state index contributed by atoms with van der Waals surface area (Å²) in [4.78, 5) is 11.8. The molecule has 0 aromatic rings. The first-order chi connectivity index (χ1) is 6.89. The summed E-state index contributed by atoms with van der Waals surface area (Å²) in [6.45, 7) is 10.2. The van der Waals surface area contributed by atoms with Crippen LogP contribution >= 0.6 is 0 Å². The SMILES string of the molecule is C=C1C(CC)C(O)[C@]2(C)C(=O)OC[C@]12C. The third-order valence-electron chi connectivity index (χ3n) is 4.63. The predicted molar refractivity (Wildman–Crippen MR) is 56.1 cm³/mol. The molecule has 84 valence electrons. The fourth-order valence-corrected chi connectivity index (χ4v) is 3.08. The van der Waals surface area contributed by atoms with E-state index < -0.39 is 16.9 Å². The quantitative estimate of drug-likeness (QED) is 0.527. The maximum absolute atomic E-state index is 11.8. The molecule has 1 aliphatic heterocycles. The van der Waals surface area contributed by atoms with Crippen LogP contribution in [0.2, 0.25) is 0 Å². The second-order valence-corrected chi connectivity index (χ2v) is 5.10. The first-order valence-electron chi connectivity index (χ1n) is 5.44. The summed E-state index contributed by atoms with van der Waals surface area (Å²) in [6, 6.07) is 0. The van der Waals surface area contributed by atoms with Crippen molar-refractivity contribution in [3.8, 4) is 0 Å². The summed E-state index contributed by atoms with van der Waals surface area (Å²) < 4.78 is 5.10. The number of aliphatic hydroxyl groups excluding tert-OH is 1. The Labute approximate surface area is 90.1 Å². The molecule has 1 saturated carbocycles. The van der Waals surface area contributed by atoms with Crippen LogP contribution in [-0.2, 0) is 9.53 Å². The zero-order chi connectivity index (χ0) is 11.4. The molecule has 15 heavy (non-hydrogen) atoms. The number of cyclic esters (lactones) is 1. The number of fused-ring (bicyclic) bond motifs is 1. The molecule has 0 radical (unpaired) electrons. The molecule has 0 aromatic heterocycles.